The molecule has 2 aliphatic carbocycles. The normalized spacial score (nSPS) is 42.1. The van der Waals surface area contributed by atoms with Crippen molar-refractivity contribution in [3.63, 3.8) is 0 Å². The van der Waals surface area contributed by atoms with Crippen molar-refractivity contribution in [3.8, 4) is 0 Å². The average Bonchev–Trinajstić information content (AvgIpc) is 2.04. The number of allylic oxidation sites excluding steroid dienone is 4. The van der Waals surface area contributed by atoms with E-state index in [-0.39, 0.29) is 0 Å². The highest BCUT2D eigenvalue weighted by Gasteiger charge is 2.25. The molecule has 1 nitrogen and oxygen atoms in total. The lowest BCUT2D eigenvalue weighted by Gasteiger charge is -2.32. The molecule has 1 heteroatoms. The standard InChI is InChI=1S/C10H15N/c11-10-6-5-8-3-1-2-4-9(8)7-10/h1-4,8-10H,5-7,11H2. The van der Waals surface area contributed by atoms with E-state index in [0.717, 1.165) is 11.8 Å². The van der Waals surface area contributed by atoms with Gasteiger partial charge in [0, 0.05) is 6.04 Å². The molecule has 60 valence electrons. The first-order chi connectivity index (χ1) is 5.36. The van der Waals surface area contributed by atoms with Crippen molar-refractivity contribution < 1.29 is 0 Å². The predicted molar refractivity (Wildman–Crippen MR) is 47.1 cm³/mol. The number of hydrogen-bond acceptors (Lipinski definition) is 1. The van der Waals surface area contributed by atoms with Gasteiger partial charge in [0.1, 0.15) is 0 Å². The average molecular weight is 149 g/mol. The first kappa shape index (κ1) is 7.11. The lowest BCUT2D eigenvalue weighted by atomic mass is 9.75. The molecule has 2 rings (SSSR count). The highest BCUT2D eigenvalue weighted by atomic mass is 14.6. The van der Waals surface area contributed by atoms with Gasteiger partial charge in [-0.1, -0.05) is 24.3 Å². The Bertz CT molecular complexity index is 193. The van der Waals surface area contributed by atoms with E-state index in [9.17, 15) is 0 Å². The van der Waals surface area contributed by atoms with Gasteiger partial charge in [0.05, 0.1) is 0 Å². The minimum absolute atomic E-state index is 0.451. The van der Waals surface area contributed by atoms with Gasteiger partial charge in [0.15, 0.2) is 0 Å². The minimum atomic E-state index is 0.451. The number of hydrogen-bond donors (Lipinski definition) is 1. The Kier molecular flexibility index (Phi) is 1.82. The predicted octanol–water partition coefficient (Wildman–Crippen LogP) is 1.86. The van der Waals surface area contributed by atoms with Gasteiger partial charge in [-0.2, -0.15) is 0 Å². The molecule has 0 aromatic carbocycles. The van der Waals surface area contributed by atoms with Crippen LogP contribution in [0.4, 0.5) is 0 Å². The topological polar surface area (TPSA) is 26.0 Å². The molecule has 3 unspecified atom stereocenters. The Morgan fingerprint density at radius 3 is 2.55 bits per heavy atom. The highest BCUT2D eigenvalue weighted by Crippen LogP contribution is 2.33. The fourth-order valence-corrected chi connectivity index (χ4v) is 2.14. The lowest BCUT2D eigenvalue weighted by molar-refractivity contribution is 0.302. The van der Waals surface area contributed by atoms with E-state index < -0.39 is 0 Å². The molecule has 1 saturated carbocycles. The molecule has 0 spiro atoms. The quantitative estimate of drug-likeness (QED) is 0.559. The lowest BCUT2D eigenvalue weighted by Crippen LogP contribution is -2.32. The number of rotatable bonds is 0. The van der Waals surface area contributed by atoms with Crippen molar-refractivity contribution in [1.29, 1.82) is 0 Å². The van der Waals surface area contributed by atoms with E-state index in [1.54, 1.807) is 0 Å². The smallest absolute Gasteiger partial charge is 0.00448 e. The zero-order valence-electron chi connectivity index (χ0n) is 6.74. The molecule has 0 radical (unpaired) electrons. The van der Waals surface area contributed by atoms with E-state index in [2.05, 4.69) is 24.3 Å². The summed E-state index contributed by atoms with van der Waals surface area (Å²) in [5.74, 6) is 1.53. The maximum absolute atomic E-state index is 5.88. The van der Waals surface area contributed by atoms with Gasteiger partial charge in [-0.05, 0) is 31.1 Å². The van der Waals surface area contributed by atoms with E-state index in [4.69, 9.17) is 5.73 Å². The zero-order valence-corrected chi connectivity index (χ0v) is 6.74. The molecule has 0 saturated heterocycles. The summed E-state index contributed by atoms with van der Waals surface area (Å²) in [6.07, 6.45) is 12.6. The van der Waals surface area contributed by atoms with Crippen LogP contribution in [0.1, 0.15) is 19.3 Å². The molecule has 11 heavy (non-hydrogen) atoms. The van der Waals surface area contributed by atoms with Crippen molar-refractivity contribution in [1.82, 2.24) is 0 Å². The largest absolute Gasteiger partial charge is 0.328 e. The summed E-state index contributed by atoms with van der Waals surface area (Å²) in [5.41, 5.74) is 5.88. The third kappa shape index (κ3) is 1.38. The monoisotopic (exact) mass is 149 g/mol. The highest BCUT2D eigenvalue weighted by molar-refractivity contribution is 5.15. The SMILES string of the molecule is NC1CCC2C=CC=CC2C1. The van der Waals surface area contributed by atoms with Crippen LogP contribution in [0, 0.1) is 11.8 Å². The van der Waals surface area contributed by atoms with Gasteiger partial charge in [0.25, 0.3) is 0 Å². The molecular weight excluding hydrogens is 134 g/mol. The summed E-state index contributed by atoms with van der Waals surface area (Å²) in [6.45, 7) is 0. The molecule has 0 heterocycles. The Labute approximate surface area is 68.0 Å². The van der Waals surface area contributed by atoms with Crippen LogP contribution in [0.3, 0.4) is 0 Å². The summed E-state index contributed by atoms with van der Waals surface area (Å²) in [5, 5.41) is 0. The third-order valence-electron chi connectivity index (χ3n) is 2.82. The summed E-state index contributed by atoms with van der Waals surface area (Å²) in [6, 6.07) is 0.451. The number of fused-ring (bicyclic) bond motifs is 1. The van der Waals surface area contributed by atoms with Gasteiger partial charge in [-0.15, -0.1) is 0 Å². The molecule has 0 bridgehead atoms. The summed E-state index contributed by atoms with van der Waals surface area (Å²) >= 11 is 0. The van der Waals surface area contributed by atoms with Gasteiger partial charge >= 0.3 is 0 Å². The first-order valence-corrected chi connectivity index (χ1v) is 4.47. The van der Waals surface area contributed by atoms with Crippen molar-refractivity contribution in [2.75, 3.05) is 0 Å². The fourth-order valence-electron chi connectivity index (χ4n) is 2.14. The van der Waals surface area contributed by atoms with Crippen LogP contribution in [0.2, 0.25) is 0 Å². The van der Waals surface area contributed by atoms with Crippen molar-refractivity contribution in [3.05, 3.63) is 24.3 Å². The van der Waals surface area contributed by atoms with Crippen molar-refractivity contribution in [2.24, 2.45) is 17.6 Å². The van der Waals surface area contributed by atoms with Crippen LogP contribution >= 0.6 is 0 Å². The molecule has 0 aliphatic heterocycles. The maximum Gasteiger partial charge on any atom is 0.00448 e. The Balaban J connectivity index is 2.07. The third-order valence-corrected chi connectivity index (χ3v) is 2.82. The summed E-state index contributed by atoms with van der Waals surface area (Å²) in [7, 11) is 0. The van der Waals surface area contributed by atoms with Crippen LogP contribution in [0.5, 0.6) is 0 Å². The molecule has 2 aliphatic rings. The van der Waals surface area contributed by atoms with E-state index in [1.165, 1.54) is 19.3 Å². The minimum Gasteiger partial charge on any atom is -0.328 e. The molecule has 0 amide bonds. The zero-order chi connectivity index (χ0) is 7.68. The Hall–Kier alpha value is -0.560. The van der Waals surface area contributed by atoms with Gasteiger partial charge < -0.3 is 5.73 Å². The van der Waals surface area contributed by atoms with Crippen molar-refractivity contribution >= 4 is 0 Å². The van der Waals surface area contributed by atoms with E-state index in [0.29, 0.717) is 6.04 Å². The molecular formula is C10H15N. The molecule has 1 fully saturated rings. The summed E-state index contributed by atoms with van der Waals surface area (Å²) in [4.78, 5) is 0. The Morgan fingerprint density at radius 2 is 1.73 bits per heavy atom. The van der Waals surface area contributed by atoms with Crippen LogP contribution < -0.4 is 5.73 Å². The van der Waals surface area contributed by atoms with Crippen LogP contribution in [0.15, 0.2) is 24.3 Å². The van der Waals surface area contributed by atoms with E-state index >= 15 is 0 Å². The van der Waals surface area contributed by atoms with E-state index in [1.807, 2.05) is 0 Å². The van der Waals surface area contributed by atoms with Gasteiger partial charge in [-0.3, -0.25) is 0 Å². The maximum atomic E-state index is 5.88. The van der Waals surface area contributed by atoms with Crippen LogP contribution in [0.25, 0.3) is 0 Å². The Morgan fingerprint density at radius 1 is 1.00 bits per heavy atom. The molecule has 3 atom stereocenters. The first-order valence-electron chi connectivity index (χ1n) is 4.47. The molecule has 0 aromatic heterocycles. The van der Waals surface area contributed by atoms with Gasteiger partial charge in [-0.25, -0.2) is 0 Å². The second kappa shape index (κ2) is 2.82. The molecule has 0 aromatic rings. The molecule has 2 N–H and O–H groups in total. The van der Waals surface area contributed by atoms with Crippen LogP contribution in [-0.2, 0) is 0 Å². The number of nitrogens with two attached hydrogens (primary N) is 1. The van der Waals surface area contributed by atoms with Crippen molar-refractivity contribution in [2.45, 2.75) is 25.3 Å². The summed E-state index contributed by atoms with van der Waals surface area (Å²) < 4.78 is 0. The van der Waals surface area contributed by atoms with Gasteiger partial charge in [0.2, 0.25) is 0 Å². The second-order valence-electron chi connectivity index (χ2n) is 3.67. The second-order valence-corrected chi connectivity index (χ2v) is 3.67. The van der Waals surface area contributed by atoms with Crippen LogP contribution in [-0.4, -0.2) is 6.04 Å². The fraction of sp³-hybridized carbons (Fsp3) is 0.600.